The maximum atomic E-state index is 11.8. The second-order valence-corrected chi connectivity index (χ2v) is 13.3. The van der Waals surface area contributed by atoms with Crippen LogP contribution < -0.4 is 15.1 Å². The highest BCUT2D eigenvalue weighted by atomic mass is 32.2. The van der Waals surface area contributed by atoms with Crippen molar-refractivity contribution in [3.05, 3.63) is 42.2 Å². The molecular formula is C28H38N6O4S. The van der Waals surface area contributed by atoms with Crippen molar-refractivity contribution in [2.45, 2.75) is 51.4 Å². The van der Waals surface area contributed by atoms with Crippen molar-refractivity contribution in [3.8, 4) is 0 Å². The van der Waals surface area contributed by atoms with Gasteiger partial charge < -0.3 is 25.0 Å². The van der Waals surface area contributed by atoms with E-state index in [1.54, 1.807) is 13.3 Å². The van der Waals surface area contributed by atoms with Gasteiger partial charge in [-0.1, -0.05) is 19.9 Å². The van der Waals surface area contributed by atoms with Crippen LogP contribution in [0.15, 0.2) is 36.7 Å². The van der Waals surface area contributed by atoms with E-state index in [2.05, 4.69) is 58.0 Å². The molecule has 0 saturated carbocycles. The van der Waals surface area contributed by atoms with Crippen LogP contribution in [0.5, 0.6) is 0 Å². The van der Waals surface area contributed by atoms with Crippen LogP contribution in [0, 0.1) is 5.92 Å². The fourth-order valence-electron chi connectivity index (χ4n) is 5.68. The lowest BCUT2D eigenvalue weighted by atomic mass is 9.89. The lowest BCUT2D eigenvalue weighted by molar-refractivity contribution is -0.0218. The molecule has 210 valence electrons. The second-order valence-electron chi connectivity index (χ2n) is 11.1. The molecule has 2 aliphatic heterocycles. The molecule has 2 aliphatic rings. The molecule has 4 heterocycles. The van der Waals surface area contributed by atoms with Gasteiger partial charge in [0.2, 0.25) is 5.95 Å². The number of nitrogens with one attached hydrogen (secondary N) is 1. The summed E-state index contributed by atoms with van der Waals surface area (Å²) < 4.78 is 29.0. The Morgan fingerprint density at radius 1 is 1.21 bits per heavy atom. The maximum Gasteiger partial charge on any atom is 0.227 e. The molecule has 0 amide bonds. The van der Waals surface area contributed by atoms with Gasteiger partial charge in [-0.2, -0.15) is 0 Å². The average molecular weight is 555 g/mol. The van der Waals surface area contributed by atoms with E-state index >= 15 is 0 Å². The molecule has 10 nitrogen and oxygen atoms in total. The summed E-state index contributed by atoms with van der Waals surface area (Å²) in [5.74, 6) is 1.85. The molecule has 0 spiro atoms. The molecule has 2 N–H and O–H groups in total. The lowest BCUT2D eigenvalue weighted by Crippen LogP contribution is -2.57. The number of hydrogen-bond acceptors (Lipinski definition) is 10. The summed E-state index contributed by atoms with van der Waals surface area (Å²) in [6, 6.07) is 8.16. The standard InChI is InChI=1S/C28H38N6O4S/c1-17(2)21-6-7-23(34-14-19(18(34)3)16-39(5,36)37)22-13-30-28(32-27(21)22)31-20-8-10-29-26(12-20)33-11-9-25(38-4)24(35)15-33/h6-8,10,12-13,17-19,24-25,35H,9,11,14-16H2,1-5H3,(H,29,30,31,32)/t18-,19-,24-,25-/m1/s1. The van der Waals surface area contributed by atoms with E-state index in [1.807, 2.05) is 18.3 Å². The van der Waals surface area contributed by atoms with Crippen molar-refractivity contribution in [2.24, 2.45) is 5.92 Å². The van der Waals surface area contributed by atoms with E-state index in [-0.39, 0.29) is 29.7 Å². The molecule has 2 saturated heterocycles. The summed E-state index contributed by atoms with van der Waals surface area (Å²) in [5, 5.41) is 14.7. The predicted octanol–water partition coefficient (Wildman–Crippen LogP) is 3.35. The van der Waals surface area contributed by atoms with E-state index < -0.39 is 15.9 Å². The van der Waals surface area contributed by atoms with Crippen molar-refractivity contribution >= 4 is 43.9 Å². The van der Waals surface area contributed by atoms with E-state index in [4.69, 9.17) is 9.72 Å². The van der Waals surface area contributed by atoms with Gasteiger partial charge in [0.05, 0.1) is 23.5 Å². The molecule has 0 radical (unpaired) electrons. The molecule has 0 bridgehead atoms. The number of anilines is 4. The summed E-state index contributed by atoms with van der Waals surface area (Å²) in [7, 11) is -1.39. The van der Waals surface area contributed by atoms with E-state index in [0.717, 1.165) is 46.6 Å². The first kappa shape index (κ1) is 27.5. The first-order valence-corrected chi connectivity index (χ1v) is 15.5. The van der Waals surface area contributed by atoms with Gasteiger partial charge in [0.15, 0.2) is 0 Å². The Morgan fingerprint density at radius 3 is 2.67 bits per heavy atom. The van der Waals surface area contributed by atoms with E-state index in [9.17, 15) is 13.5 Å². The minimum absolute atomic E-state index is 0.115. The van der Waals surface area contributed by atoms with Gasteiger partial charge in [0.1, 0.15) is 15.7 Å². The number of nitrogens with zero attached hydrogens (tertiary/aromatic N) is 5. The molecule has 3 aromatic rings. The maximum absolute atomic E-state index is 11.8. The third-order valence-electron chi connectivity index (χ3n) is 7.96. The number of pyridine rings is 1. The number of aromatic nitrogens is 3. The van der Waals surface area contributed by atoms with Gasteiger partial charge in [0, 0.05) is 80.2 Å². The van der Waals surface area contributed by atoms with Gasteiger partial charge in [0.25, 0.3) is 0 Å². The summed E-state index contributed by atoms with van der Waals surface area (Å²) in [6.07, 6.45) is 4.91. The minimum atomic E-state index is -3.02. The van der Waals surface area contributed by atoms with Crippen molar-refractivity contribution in [2.75, 3.05) is 53.9 Å². The number of piperidine rings is 1. The third kappa shape index (κ3) is 5.80. The fourth-order valence-corrected chi connectivity index (χ4v) is 6.84. The Labute approximate surface area is 230 Å². The SMILES string of the molecule is CO[C@@H]1CCN(c2cc(Nc3ncc4c(N5C[C@H](CS(C)(=O)=O)[C@H]5C)ccc(C(C)C)c4n3)ccn2)C[C@H]1O. The third-order valence-corrected chi connectivity index (χ3v) is 8.99. The topological polar surface area (TPSA) is 121 Å². The van der Waals surface area contributed by atoms with Crippen molar-refractivity contribution in [1.82, 2.24) is 15.0 Å². The van der Waals surface area contributed by atoms with Crippen molar-refractivity contribution in [1.29, 1.82) is 0 Å². The van der Waals surface area contributed by atoms with Gasteiger partial charge in [-0.3, -0.25) is 0 Å². The highest BCUT2D eigenvalue weighted by Crippen LogP contribution is 2.38. The number of methoxy groups -OCH3 is 1. The number of aliphatic hydroxyl groups excluding tert-OH is 1. The summed E-state index contributed by atoms with van der Waals surface area (Å²) in [4.78, 5) is 18.4. The number of aliphatic hydroxyl groups is 1. The van der Waals surface area contributed by atoms with Crippen LogP contribution in [-0.2, 0) is 14.6 Å². The molecule has 0 aliphatic carbocycles. The Kier molecular flexibility index (Phi) is 7.67. The van der Waals surface area contributed by atoms with Gasteiger partial charge >= 0.3 is 0 Å². The molecule has 39 heavy (non-hydrogen) atoms. The van der Waals surface area contributed by atoms with Crippen LogP contribution in [0.2, 0.25) is 0 Å². The lowest BCUT2D eigenvalue weighted by Gasteiger charge is -2.48. The second kappa shape index (κ2) is 10.9. The number of β-amino-alcohol motifs (C(OH)–C–C–N with tert-alkyl or cyclic N) is 1. The first-order chi connectivity index (χ1) is 18.5. The monoisotopic (exact) mass is 554 g/mol. The molecule has 5 rings (SSSR count). The quantitative estimate of drug-likeness (QED) is 0.429. The van der Waals surface area contributed by atoms with Crippen LogP contribution in [-0.4, -0.2) is 85.5 Å². The van der Waals surface area contributed by atoms with Gasteiger partial charge in [-0.05, 0) is 37.0 Å². The van der Waals surface area contributed by atoms with Crippen LogP contribution in [0.25, 0.3) is 10.9 Å². The number of rotatable bonds is 8. The van der Waals surface area contributed by atoms with Crippen molar-refractivity contribution < 1.29 is 18.3 Å². The fraction of sp³-hybridized carbons (Fsp3) is 0.536. The normalized spacial score (nSPS) is 23.8. The molecule has 0 unspecified atom stereocenters. The van der Waals surface area contributed by atoms with E-state index in [0.29, 0.717) is 19.0 Å². The summed E-state index contributed by atoms with van der Waals surface area (Å²) >= 11 is 0. The zero-order chi connectivity index (χ0) is 27.9. The molecule has 11 heteroatoms. The highest BCUT2D eigenvalue weighted by Gasteiger charge is 2.38. The van der Waals surface area contributed by atoms with Crippen LogP contribution in [0.4, 0.5) is 23.1 Å². The zero-order valence-electron chi connectivity index (χ0n) is 23.2. The van der Waals surface area contributed by atoms with Crippen LogP contribution in [0.1, 0.15) is 38.7 Å². The smallest absolute Gasteiger partial charge is 0.227 e. The molecule has 2 fully saturated rings. The number of ether oxygens (including phenoxy) is 1. The van der Waals surface area contributed by atoms with Crippen LogP contribution in [0.3, 0.4) is 0 Å². The van der Waals surface area contributed by atoms with E-state index in [1.165, 1.54) is 6.26 Å². The number of fused-ring (bicyclic) bond motifs is 1. The first-order valence-electron chi connectivity index (χ1n) is 13.5. The molecular weight excluding hydrogens is 516 g/mol. The Balaban J connectivity index is 1.40. The van der Waals surface area contributed by atoms with Gasteiger partial charge in [-0.25, -0.2) is 23.4 Å². The van der Waals surface area contributed by atoms with Crippen molar-refractivity contribution in [3.63, 3.8) is 0 Å². The predicted molar refractivity (Wildman–Crippen MR) is 155 cm³/mol. The molecule has 1 aromatic carbocycles. The molecule has 2 aromatic heterocycles. The Morgan fingerprint density at radius 2 is 2.00 bits per heavy atom. The Bertz CT molecular complexity index is 1450. The van der Waals surface area contributed by atoms with Crippen LogP contribution >= 0.6 is 0 Å². The minimum Gasteiger partial charge on any atom is -0.389 e. The Hall–Kier alpha value is -3.02. The zero-order valence-corrected chi connectivity index (χ0v) is 24.0. The number of hydrogen-bond donors (Lipinski definition) is 2. The summed E-state index contributed by atoms with van der Waals surface area (Å²) in [5.41, 5.74) is 3.86. The van der Waals surface area contributed by atoms with Gasteiger partial charge in [-0.15, -0.1) is 0 Å². The highest BCUT2D eigenvalue weighted by molar-refractivity contribution is 7.90. The number of benzene rings is 1. The number of sulfone groups is 1. The molecule has 4 atom stereocenters. The largest absolute Gasteiger partial charge is 0.389 e. The average Bonchev–Trinajstić information content (AvgIpc) is 2.89. The summed E-state index contributed by atoms with van der Waals surface area (Å²) in [6.45, 7) is 8.28.